The third-order valence-corrected chi connectivity index (χ3v) is 5.66. The molecule has 1 aliphatic rings. The summed E-state index contributed by atoms with van der Waals surface area (Å²) in [4.78, 5) is 33.0. The average Bonchev–Trinajstić information content (AvgIpc) is 3.24. The molecule has 0 radical (unpaired) electrons. The van der Waals surface area contributed by atoms with E-state index in [-0.39, 0.29) is 17.8 Å². The van der Waals surface area contributed by atoms with E-state index in [1.165, 1.54) is 18.5 Å². The van der Waals surface area contributed by atoms with E-state index in [1.54, 1.807) is 18.7 Å². The molecule has 0 aliphatic heterocycles. The summed E-state index contributed by atoms with van der Waals surface area (Å²) in [6.45, 7) is 0.536. The number of halogens is 3. The van der Waals surface area contributed by atoms with Crippen LogP contribution in [0.2, 0.25) is 0 Å². The summed E-state index contributed by atoms with van der Waals surface area (Å²) in [6.07, 6.45) is 3.21. The van der Waals surface area contributed by atoms with Crippen molar-refractivity contribution in [3.05, 3.63) is 72.3 Å². The molecule has 1 fully saturated rings. The SMILES string of the molecule is O=C(NC1CC(n2cnc3c(NCc4cccnc4)ncnc32)C1)c1cccc(C(F)(F)F)n1. The molecule has 1 aliphatic carbocycles. The largest absolute Gasteiger partial charge is 0.433 e. The molecule has 1 amide bonds. The molecule has 0 atom stereocenters. The zero-order valence-electron chi connectivity index (χ0n) is 17.7. The predicted molar refractivity (Wildman–Crippen MR) is 116 cm³/mol. The van der Waals surface area contributed by atoms with Crippen molar-refractivity contribution in [3.8, 4) is 0 Å². The van der Waals surface area contributed by atoms with Gasteiger partial charge in [-0.2, -0.15) is 13.2 Å². The smallest absolute Gasteiger partial charge is 0.364 e. The Morgan fingerprint density at radius 1 is 1.12 bits per heavy atom. The van der Waals surface area contributed by atoms with Crippen molar-refractivity contribution in [3.63, 3.8) is 0 Å². The van der Waals surface area contributed by atoms with Crippen molar-refractivity contribution in [1.82, 2.24) is 34.8 Å². The molecule has 4 aromatic heterocycles. The number of hydrogen-bond donors (Lipinski definition) is 2. The van der Waals surface area contributed by atoms with E-state index in [4.69, 9.17) is 0 Å². The lowest BCUT2D eigenvalue weighted by molar-refractivity contribution is -0.141. The standard InChI is InChI=1S/C22H19F3N8O/c23-22(24,25)17-5-1-4-16(32-17)21(34)31-14-7-15(8-14)33-12-30-18-19(28-11-29-20(18)33)27-10-13-3-2-6-26-9-13/h1-6,9,11-12,14-15H,7-8,10H2,(H,31,34)(H,27,28,29). The van der Waals surface area contributed by atoms with E-state index in [2.05, 4.69) is 35.6 Å². The number of rotatable bonds is 6. The van der Waals surface area contributed by atoms with Crippen LogP contribution in [0.15, 0.2) is 55.4 Å². The molecule has 34 heavy (non-hydrogen) atoms. The lowest BCUT2D eigenvalue weighted by atomic mass is 9.86. The van der Waals surface area contributed by atoms with Crippen molar-refractivity contribution >= 4 is 22.9 Å². The fraction of sp³-hybridized carbons (Fsp3) is 0.273. The predicted octanol–water partition coefficient (Wildman–Crippen LogP) is 3.38. The number of fused-ring (bicyclic) bond motifs is 1. The van der Waals surface area contributed by atoms with Gasteiger partial charge in [0.1, 0.15) is 23.2 Å². The van der Waals surface area contributed by atoms with Crippen LogP contribution < -0.4 is 10.6 Å². The van der Waals surface area contributed by atoms with E-state index in [0.29, 0.717) is 36.4 Å². The minimum Gasteiger partial charge on any atom is -0.364 e. The highest BCUT2D eigenvalue weighted by atomic mass is 19.4. The van der Waals surface area contributed by atoms with Gasteiger partial charge in [0, 0.05) is 31.0 Å². The number of carbonyl (C=O) groups is 1. The first-order valence-corrected chi connectivity index (χ1v) is 10.5. The Morgan fingerprint density at radius 3 is 2.74 bits per heavy atom. The summed E-state index contributed by atoms with van der Waals surface area (Å²) in [5, 5.41) is 6.00. The van der Waals surface area contributed by atoms with E-state index in [9.17, 15) is 18.0 Å². The molecule has 9 nitrogen and oxygen atoms in total. The van der Waals surface area contributed by atoms with Gasteiger partial charge in [0.25, 0.3) is 5.91 Å². The van der Waals surface area contributed by atoms with Gasteiger partial charge in [-0.15, -0.1) is 0 Å². The average molecular weight is 468 g/mol. The second kappa shape index (κ2) is 8.69. The molecule has 0 bridgehead atoms. The molecule has 5 rings (SSSR count). The van der Waals surface area contributed by atoms with Crippen LogP contribution >= 0.6 is 0 Å². The third kappa shape index (κ3) is 4.38. The van der Waals surface area contributed by atoms with Crippen molar-refractivity contribution in [2.45, 2.75) is 37.6 Å². The summed E-state index contributed by atoms with van der Waals surface area (Å²) >= 11 is 0. The molecule has 2 N–H and O–H groups in total. The Hall–Kier alpha value is -4.09. The van der Waals surface area contributed by atoms with Crippen LogP contribution in [-0.2, 0) is 12.7 Å². The van der Waals surface area contributed by atoms with Crippen molar-refractivity contribution in [1.29, 1.82) is 0 Å². The van der Waals surface area contributed by atoms with Gasteiger partial charge in [-0.1, -0.05) is 12.1 Å². The molecule has 12 heteroatoms. The highest BCUT2D eigenvalue weighted by Crippen LogP contribution is 2.35. The molecule has 4 heterocycles. The highest BCUT2D eigenvalue weighted by Gasteiger charge is 2.35. The maximum atomic E-state index is 12.8. The minimum absolute atomic E-state index is 0.0471. The molecule has 174 valence electrons. The lowest BCUT2D eigenvalue weighted by Crippen LogP contribution is -2.45. The number of amides is 1. The number of carbonyl (C=O) groups excluding carboxylic acids is 1. The van der Waals surface area contributed by atoms with Crippen LogP contribution in [0.25, 0.3) is 11.2 Å². The van der Waals surface area contributed by atoms with Crippen LogP contribution in [0, 0.1) is 0 Å². The fourth-order valence-corrected chi connectivity index (χ4v) is 3.85. The zero-order valence-corrected chi connectivity index (χ0v) is 17.7. The topological polar surface area (TPSA) is 111 Å². The number of imidazole rings is 1. The Bertz CT molecular complexity index is 1320. The molecular weight excluding hydrogens is 449 g/mol. The van der Waals surface area contributed by atoms with Crippen molar-refractivity contribution in [2.75, 3.05) is 5.32 Å². The second-order valence-electron chi connectivity index (χ2n) is 7.96. The number of aromatic nitrogens is 6. The first kappa shape index (κ1) is 21.7. The molecule has 0 spiro atoms. The number of hydrogen-bond acceptors (Lipinski definition) is 7. The van der Waals surface area contributed by atoms with Gasteiger partial charge in [-0.3, -0.25) is 9.78 Å². The van der Waals surface area contributed by atoms with Crippen LogP contribution in [0.3, 0.4) is 0 Å². The zero-order chi connectivity index (χ0) is 23.7. The maximum Gasteiger partial charge on any atom is 0.433 e. The molecule has 0 aromatic carbocycles. The second-order valence-corrected chi connectivity index (χ2v) is 7.96. The van der Waals surface area contributed by atoms with Gasteiger partial charge in [0.05, 0.1) is 6.33 Å². The number of pyridine rings is 2. The molecule has 4 aromatic rings. The van der Waals surface area contributed by atoms with Gasteiger partial charge in [0.15, 0.2) is 11.5 Å². The molecular formula is C22H19F3N8O. The summed E-state index contributed by atoms with van der Waals surface area (Å²) in [5.41, 5.74) is 0.944. The minimum atomic E-state index is -4.60. The van der Waals surface area contributed by atoms with Gasteiger partial charge in [0.2, 0.25) is 0 Å². The first-order chi connectivity index (χ1) is 16.4. The van der Waals surface area contributed by atoms with Gasteiger partial charge in [-0.25, -0.2) is 19.9 Å². The third-order valence-electron chi connectivity index (χ3n) is 5.66. The molecule has 0 saturated heterocycles. The highest BCUT2D eigenvalue weighted by molar-refractivity contribution is 5.92. The number of alkyl halides is 3. The summed E-state index contributed by atoms with van der Waals surface area (Å²) in [5.74, 6) is -0.0262. The number of nitrogens with zero attached hydrogens (tertiary/aromatic N) is 6. The Kier molecular flexibility index (Phi) is 5.56. The van der Waals surface area contributed by atoms with Crippen molar-refractivity contribution in [2.24, 2.45) is 0 Å². The van der Waals surface area contributed by atoms with Crippen LogP contribution in [0.5, 0.6) is 0 Å². The summed E-state index contributed by atoms with van der Waals surface area (Å²) < 4.78 is 40.5. The Labute approximate surface area is 191 Å². The first-order valence-electron chi connectivity index (χ1n) is 10.5. The summed E-state index contributed by atoms with van der Waals surface area (Å²) in [7, 11) is 0. The van der Waals surface area contributed by atoms with Crippen LogP contribution in [0.4, 0.5) is 19.0 Å². The monoisotopic (exact) mass is 468 g/mol. The van der Waals surface area contributed by atoms with E-state index >= 15 is 0 Å². The Morgan fingerprint density at radius 2 is 1.97 bits per heavy atom. The molecule has 1 saturated carbocycles. The number of anilines is 1. The van der Waals surface area contributed by atoms with Crippen LogP contribution in [-0.4, -0.2) is 41.4 Å². The van der Waals surface area contributed by atoms with Crippen molar-refractivity contribution < 1.29 is 18.0 Å². The normalized spacial score (nSPS) is 17.9. The Balaban J connectivity index is 1.23. The van der Waals surface area contributed by atoms with E-state index in [0.717, 1.165) is 11.6 Å². The summed E-state index contributed by atoms with van der Waals surface area (Å²) in [6, 6.07) is 6.95. The number of nitrogens with one attached hydrogen (secondary N) is 2. The quantitative estimate of drug-likeness (QED) is 0.446. The maximum absolute atomic E-state index is 12.8. The van der Waals surface area contributed by atoms with Gasteiger partial charge >= 0.3 is 6.18 Å². The van der Waals surface area contributed by atoms with Crippen LogP contribution in [0.1, 0.15) is 40.6 Å². The molecule has 0 unspecified atom stereocenters. The van der Waals surface area contributed by atoms with E-state index < -0.39 is 17.8 Å². The van der Waals surface area contributed by atoms with E-state index in [1.807, 2.05) is 16.7 Å². The fourth-order valence-electron chi connectivity index (χ4n) is 3.85. The van der Waals surface area contributed by atoms with Gasteiger partial charge < -0.3 is 15.2 Å². The lowest BCUT2D eigenvalue weighted by Gasteiger charge is -2.36. The van der Waals surface area contributed by atoms with Gasteiger partial charge in [-0.05, 0) is 36.6 Å².